The number of ether oxygens (including phenoxy) is 1. The molecule has 39 heavy (non-hydrogen) atoms. The molecule has 0 aliphatic carbocycles. The summed E-state index contributed by atoms with van der Waals surface area (Å²) in [5.74, 6) is -0.0632. The van der Waals surface area contributed by atoms with Gasteiger partial charge in [0.2, 0.25) is 0 Å². The lowest BCUT2D eigenvalue weighted by atomic mass is 10.1. The fraction of sp³-hybridized carbons (Fsp3) is 0.357. The monoisotopic (exact) mass is 530 g/mol. The van der Waals surface area contributed by atoms with E-state index in [9.17, 15) is 4.79 Å². The van der Waals surface area contributed by atoms with Crippen molar-refractivity contribution in [1.29, 1.82) is 0 Å². The Balaban J connectivity index is 1.17. The second-order valence-electron chi connectivity index (χ2n) is 10.1. The second kappa shape index (κ2) is 11.0. The third-order valence-electron chi connectivity index (χ3n) is 7.24. The number of amides is 1. The molecule has 6 rings (SSSR count). The Kier molecular flexibility index (Phi) is 7.18. The zero-order chi connectivity index (χ0) is 26.8. The van der Waals surface area contributed by atoms with Crippen LogP contribution in [0.2, 0.25) is 0 Å². The highest BCUT2D eigenvalue weighted by atomic mass is 19.1. The number of fused-ring (bicyclic) bond motifs is 1. The number of H-pyrrole nitrogens is 1. The van der Waals surface area contributed by atoms with E-state index in [1.54, 1.807) is 24.4 Å². The van der Waals surface area contributed by atoms with E-state index in [1.165, 1.54) is 12.4 Å². The van der Waals surface area contributed by atoms with Gasteiger partial charge in [-0.3, -0.25) is 14.7 Å². The average Bonchev–Trinajstić information content (AvgIpc) is 3.38. The van der Waals surface area contributed by atoms with Crippen molar-refractivity contribution in [3.8, 4) is 11.3 Å². The van der Waals surface area contributed by atoms with Crippen LogP contribution in [0.1, 0.15) is 28.9 Å². The molecule has 5 heterocycles. The van der Waals surface area contributed by atoms with Gasteiger partial charge in [0.15, 0.2) is 0 Å². The molecular weight excluding hydrogens is 499 g/mol. The number of pyridine rings is 1. The summed E-state index contributed by atoms with van der Waals surface area (Å²) in [5.41, 5.74) is 9.31. The van der Waals surface area contributed by atoms with E-state index in [1.807, 2.05) is 12.1 Å². The summed E-state index contributed by atoms with van der Waals surface area (Å²) >= 11 is 0. The van der Waals surface area contributed by atoms with Gasteiger partial charge >= 0.3 is 0 Å². The van der Waals surface area contributed by atoms with Crippen molar-refractivity contribution in [3.63, 3.8) is 0 Å². The van der Waals surface area contributed by atoms with Crippen molar-refractivity contribution in [1.82, 2.24) is 24.8 Å². The zero-order valence-corrected chi connectivity index (χ0v) is 21.6. The molecule has 1 unspecified atom stereocenters. The van der Waals surface area contributed by atoms with E-state index in [0.29, 0.717) is 42.4 Å². The number of benzene rings is 1. The summed E-state index contributed by atoms with van der Waals surface area (Å²) in [6, 6.07) is 10.4. The number of halogens is 1. The Morgan fingerprint density at radius 2 is 2.00 bits per heavy atom. The number of hydrogen-bond acceptors (Lipinski definition) is 8. The van der Waals surface area contributed by atoms with Gasteiger partial charge in [0, 0.05) is 49.7 Å². The first kappa shape index (κ1) is 25.4. The highest BCUT2D eigenvalue weighted by molar-refractivity contribution is 6.03. The van der Waals surface area contributed by atoms with Gasteiger partial charge < -0.3 is 25.7 Å². The molecular formula is C28H31FN8O2. The number of carbonyl (C=O) groups excluding carboxylic acids is 1. The topological polar surface area (TPSA) is 125 Å². The van der Waals surface area contributed by atoms with E-state index in [4.69, 9.17) is 10.5 Å². The minimum Gasteiger partial charge on any atom is -0.378 e. The van der Waals surface area contributed by atoms with Crippen LogP contribution < -0.4 is 16.0 Å². The molecule has 1 amide bonds. The molecule has 10 nitrogen and oxygen atoms in total. The van der Waals surface area contributed by atoms with Gasteiger partial charge in [-0.2, -0.15) is 0 Å². The predicted octanol–water partition coefficient (Wildman–Crippen LogP) is 3.17. The maximum atomic E-state index is 15.3. The Morgan fingerprint density at radius 3 is 2.82 bits per heavy atom. The first-order valence-corrected chi connectivity index (χ1v) is 13.2. The number of nitrogens with one attached hydrogen (secondary N) is 2. The normalized spacial score (nSPS) is 18.4. The second-order valence-corrected chi connectivity index (χ2v) is 10.1. The van der Waals surface area contributed by atoms with Crippen LogP contribution in [0.3, 0.4) is 0 Å². The van der Waals surface area contributed by atoms with Crippen molar-refractivity contribution in [2.24, 2.45) is 5.73 Å². The number of carbonyl (C=O) groups is 1. The zero-order valence-electron chi connectivity index (χ0n) is 21.6. The SMILES string of the molecule is NC1CCCN(Cc2ccnc(C(=O)Nc3ccc(-c4cc5c(N6CCOCC6)ncnc5[nH]4)c(F)c3)c2)C1. The fourth-order valence-corrected chi connectivity index (χ4v) is 5.30. The molecule has 1 aromatic carbocycles. The minimum atomic E-state index is -0.469. The summed E-state index contributed by atoms with van der Waals surface area (Å²) in [7, 11) is 0. The average molecular weight is 531 g/mol. The molecule has 4 aromatic rings. The standard InChI is InChI=1S/C28H31FN8O2/c29-23-13-20(34-28(38)25-12-18(5-6-31-25)15-36-7-1-2-19(30)16-36)3-4-21(23)24-14-22-26(35-24)32-17-33-27(22)37-8-10-39-11-9-37/h3-6,12-14,17,19H,1-2,7-11,15-16,30H2,(H,34,38)(H,32,33,35). The van der Waals surface area contributed by atoms with Crippen molar-refractivity contribution in [3.05, 3.63) is 66.0 Å². The third kappa shape index (κ3) is 5.60. The first-order valence-electron chi connectivity index (χ1n) is 13.2. The predicted molar refractivity (Wildman–Crippen MR) is 147 cm³/mol. The number of morpholine rings is 1. The van der Waals surface area contributed by atoms with Crippen LogP contribution in [-0.2, 0) is 11.3 Å². The lowest BCUT2D eigenvalue weighted by molar-refractivity contribution is 0.102. The summed E-state index contributed by atoms with van der Waals surface area (Å²) < 4.78 is 20.7. The van der Waals surface area contributed by atoms with Crippen molar-refractivity contribution in [2.45, 2.75) is 25.4 Å². The van der Waals surface area contributed by atoms with Crippen LogP contribution >= 0.6 is 0 Å². The molecule has 4 N–H and O–H groups in total. The number of nitrogens with zero attached hydrogens (tertiary/aromatic N) is 5. The summed E-state index contributed by atoms with van der Waals surface area (Å²) in [6.07, 6.45) is 5.25. The van der Waals surface area contributed by atoms with Crippen molar-refractivity contribution < 1.29 is 13.9 Å². The van der Waals surface area contributed by atoms with Crippen LogP contribution in [0.5, 0.6) is 0 Å². The molecule has 11 heteroatoms. The fourth-order valence-electron chi connectivity index (χ4n) is 5.30. The van der Waals surface area contributed by atoms with Crippen LogP contribution in [-0.4, -0.2) is 76.2 Å². The van der Waals surface area contributed by atoms with E-state index in [0.717, 1.165) is 55.8 Å². The molecule has 2 aliphatic heterocycles. The van der Waals surface area contributed by atoms with Gasteiger partial charge in [-0.25, -0.2) is 14.4 Å². The van der Waals surface area contributed by atoms with Crippen LogP contribution in [0.4, 0.5) is 15.9 Å². The number of nitrogens with two attached hydrogens (primary N) is 1. The maximum absolute atomic E-state index is 15.3. The summed E-state index contributed by atoms with van der Waals surface area (Å²) in [6.45, 7) is 5.28. The molecule has 0 spiro atoms. The minimum absolute atomic E-state index is 0.185. The Hall–Kier alpha value is -3.93. The van der Waals surface area contributed by atoms with Gasteiger partial charge in [-0.15, -0.1) is 0 Å². The molecule has 1 atom stereocenters. The summed E-state index contributed by atoms with van der Waals surface area (Å²) in [5, 5.41) is 3.59. The van der Waals surface area contributed by atoms with Crippen LogP contribution in [0.15, 0.2) is 48.9 Å². The Bertz CT molecular complexity index is 1490. The van der Waals surface area contributed by atoms with Gasteiger partial charge in [0.1, 0.15) is 29.3 Å². The molecule has 3 aromatic heterocycles. The van der Waals surface area contributed by atoms with E-state index in [2.05, 4.69) is 35.1 Å². The quantitative estimate of drug-likeness (QED) is 0.347. The third-order valence-corrected chi connectivity index (χ3v) is 7.24. The lowest BCUT2D eigenvalue weighted by Gasteiger charge is -2.30. The van der Waals surface area contributed by atoms with E-state index >= 15 is 4.39 Å². The van der Waals surface area contributed by atoms with Crippen molar-refractivity contribution >= 4 is 28.4 Å². The number of aromatic amines is 1. The largest absolute Gasteiger partial charge is 0.378 e. The number of likely N-dealkylation sites (tertiary alicyclic amines) is 1. The maximum Gasteiger partial charge on any atom is 0.274 e. The molecule has 0 radical (unpaired) electrons. The number of rotatable bonds is 6. The lowest BCUT2D eigenvalue weighted by Crippen LogP contribution is -2.42. The van der Waals surface area contributed by atoms with Gasteiger partial charge in [0.05, 0.1) is 24.3 Å². The van der Waals surface area contributed by atoms with Gasteiger partial charge in [-0.05, 0) is 61.3 Å². The Morgan fingerprint density at radius 1 is 1.13 bits per heavy atom. The number of aromatic nitrogens is 4. The van der Waals surface area contributed by atoms with Crippen LogP contribution in [0.25, 0.3) is 22.3 Å². The van der Waals surface area contributed by atoms with Gasteiger partial charge in [-0.1, -0.05) is 0 Å². The molecule has 0 bridgehead atoms. The number of hydrogen-bond donors (Lipinski definition) is 3. The van der Waals surface area contributed by atoms with Crippen LogP contribution in [0, 0.1) is 5.82 Å². The molecule has 2 saturated heterocycles. The van der Waals surface area contributed by atoms with Gasteiger partial charge in [0.25, 0.3) is 5.91 Å². The highest BCUT2D eigenvalue weighted by Crippen LogP contribution is 2.31. The first-order chi connectivity index (χ1) is 19.0. The smallest absolute Gasteiger partial charge is 0.274 e. The number of anilines is 2. The summed E-state index contributed by atoms with van der Waals surface area (Å²) in [4.78, 5) is 33.6. The van der Waals surface area contributed by atoms with E-state index in [-0.39, 0.29) is 11.7 Å². The highest BCUT2D eigenvalue weighted by Gasteiger charge is 2.20. The molecule has 202 valence electrons. The molecule has 2 aliphatic rings. The van der Waals surface area contributed by atoms with Crippen molar-refractivity contribution in [2.75, 3.05) is 49.6 Å². The molecule has 0 saturated carbocycles. The molecule has 2 fully saturated rings. The van der Waals surface area contributed by atoms with E-state index < -0.39 is 11.7 Å². The number of piperidine rings is 1. The Labute approximate surface area is 225 Å².